The van der Waals surface area contributed by atoms with Gasteiger partial charge >= 0.3 is 0 Å². The molecular weight excluding hydrogens is 306 g/mol. The van der Waals surface area contributed by atoms with Crippen LogP contribution in [0.4, 0.5) is 0 Å². The number of aryl methyl sites for hydroxylation is 1. The summed E-state index contributed by atoms with van der Waals surface area (Å²) >= 11 is 5.98. The summed E-state index contributed by atoms with van der Waals surface area (Å²) in [6, 6.07) is 15.9. The second-order valence-electron chi connectivity index (χ2n) is 6.24. The lowest BCUT2D eigenvalue weighted by molar-refractivity contribution is 0.615. The van der Waals surface area contributed by atoms with Crippen molar-refractivity contribution in [3.05, 3.63) is 64.5 Å². The van der Waals surface area contributed by atoms with Crippen molar-refractivity contribution < 1.29 is 4.42 Å². The fraction of sp³-hybridized carbons (Fsp3) is 0.250. The number of fused-ring (bicyclic) bond motifs is 1. The highest BCUT2D eigenvalue weighted by molar-refractivity contribution is 6.30. The third-order valence-electron chi connectivity index (χ3n) is 3.65. The first-order chi connectivity index (χ1) is 11.0. The molecule has 0 fully saturated rings. The van der Waals surface area contributed by atoms with Gasteiger partial charge in [0.25, 0.3) is 0 Å². The molecule has 0 saturated carbocycles. The van der Waals surface area contributed by atoms with Crippen LogP contribution in [-0.4, -0.2) is 6.54 Å². The molecule has 3 rings (SSSR count). The van der Waals surface area contributed by atoms with Gasteiger partial charge < -0.3 is 4.42 Å². The van der Waals surface area contributed by atoms with Crippen molar-refractivity contribution in [2.45, 2.75) is 20.8 Å². The minimum Gasteiger partial charge on any atom is -0.456 e. The minimum atomic E-state index is 0.519. The fourth-order valence-electron chi connectivity index (χ4n) is 2.45. The first-order valence-corrected chi connectivity index (χ1v) is 8.21. The van der Waals surface area contributed by atoms with Gasteiger partial charge in [-0.3, -0.25) is 4.99 Å². The van der Waals surface area contributed by atoms with Crippen molar-refractivity contribution in [3.63, 3.8) is 0 Å². The number of benzene rings is 2. The molecule has 0 aliphatic rings. The van der Waals surface area contributed by atoms with Crippen LogP contribution in [0.3, 0.4) is 0 Å². The quantitative estimate of drug-likeness (QED) is 0.613. The predicted molar refractivity (Wildman–Crippen MR) is 96.7 cm³/mol. The van der Waals surface area contributed by atoms with Crippen LogP contribution in [0.15, 0.2) is 57.9 Å². The average molecular weight is 326 g/mol. The van der Waals surface area contributed by atoms with Crippen molar-refractivity contribution in [1.29, 1.82) is 0 Å². The Balaban J connectivity index is 2.23. The summed E-state index contributed by atoms with van der Waals surface area (Å²) in [4.78, 5) is 4.79. The normalized spacial score (nSPS) is 12.3. The zero-order valence-corrected chi connectivity index (χ0v) is 14.4. The van der Waals surface area contributed by atoms with Crippen LogP contribution in [0.5, 0.6) is 0 Å². The molecule has 0 spiro atoms. The Morgan fingerprint density at radius 2 is 1.78 bits per heavy atom. The number of hydrogen-bond acceptors (Lipinski definition) is 2. The molecule has 2 nitrogen and oxygen atoms in total. The Morgan fingerprint density at radius 3 is 2.48 bits per heavy atom. The molecule has 2 aromatic carbocycles. The number of hydrogen-bond donors (Lipinski definition) is 0. The van der Waals surface area contributed by atoms with Gasteiger partial charge in [0, 0.05) is 28.6 Å². The molecule has 0 atom stereocenters. The SMILES string of the molecule is Cc1ccc2oc(-c3ccc(Cl)cc3)cc(=NCC(C)C)c2c1. The molecule has 1 aromatic heterocycles. The van der Waals surface area contributed by atoms with Gasteiger partial charge in [-0.1, -0.05) is 37.1 Å². The Hall–Kier alpha value is -2.06. The van der Waals surface area contributed by atoms with Gasteiger partial charge in [0.05, 0.1) is 5.36 Å². The van der Waals surface area contributed by atoms with Gasteiger partial charge in [-0.15, -0.1) is 0 Å². The maximum absolute atomic E-state index is 6.09. The third-order valence-corrected chi connectivity index (χ3v) is 3.91. The van der Waals surface area contributed by atoms with E-state index in [0.717, 1.165) is 39.2 Å². The lowest BCUT2D eigenvalue weighted by Gasteiger charge is -2.07. The predicted octanol–water partition coefficient (Wildman–Crippen LogP) is 5.62. The molecule has 0 unspecified atom stereocenters. The van der Waals surface area contributed by atoms with E-state index in [1.165, 1.54) is 5.56 Å². The second kappa shape index (κ2) is 6.59. The highest BCUT2D eigenvalue weighted by atomic mass is 35.5. The van der Waals surface area contributed by atoms with E-state index in [-0.39, 0.29) is 0 Å². The van der Waals surface area contributed by atoms with E-state index in [4.69, 9.17) is 21.0 Å². The largest absolute Gasteiger partial charge is 0.456 e. The first kappa shape index (κ1) is 15.8. The molecular formula is C20H20ClNO. The monoisotopic (exact) mass is 325 g/mol. The van der Waals surface area contributed by atoms with Crippen LogP contribution in [0.2, 0.25) is 5.02 Å². The summed E-state index contributed by atoms with van der Waals surface area (Å²) in [6.45, 7) is 7.22. The Morgan fingerprint density at radius 1 is 1.04 bits per heavy atom. The molecule has 3 heteroatoms. The molecule has 23 heavy (non-hydrogen) atoms. The number of nitrogens with zero attached hydrogens (tertiary/aromatic N) is 1. The second-order valence-corrected chi connectivity index (χ2v) is 6.67. The average Bonchev–Trinajstić information content (AvgIpc) is 2.53. The zero-order chi connectivity index (χ0) is 16.4. The molecule has 3 aromatic rings. The van der Waals surface area contributed by atoms with E-state index < -0.39 is 0 Å². The van der Waals surface area contributed by atoms with Crippen molar-refractivity contribution >= 4 is 22.6 Å². The smallest absolute Gasteiger partial charge is 0.136 e. The van der Waals surface area contributed by atoms with E-state index in [1.807, 2.05) is 36.4 Å². The molecule has 0 aliphatic heterocycles. The minimum absolute atomic E-state index is 0.519. The third kappa shape index (κ3) is 3.65. The summed E-state index contributed by atoms with van der Waals surface area (Å²) in [5.74, 6) is 1.33. The first-order valence-electron chi connectivity index (χ1n) is 7.84. The number of halogens is 1. The van der Waals surface area contributed by atoms with Crippen LogP contribution >= 0.6 is 11.6 Å². The summed E-state index contributed by atoms with van der Waals surface area (Å²) in [6.07, 6.45) is 0. The Kier molecular flexibility index (Phi) is 4.53. The highest BCUT2D eigenvalue weighted by Gasteiger charge is 2.06. The van der Waals surface area contributed by atoms with E-state index in [9.17, 15) is 0 Å². The molecule has 118 valence electrons. The van der Waals surface area contributed by atoms with Gasteiger partial charge in [-0.2, -0.15) is 0 Å². The van der Waals surface area contributed by atoms with Crippen molar-refractivity contribution in [3.8, 4) is 11.3 Å². The highest BCUT2D eigenvalue weighted by Crippen LogP contribution is 2.24. The van der Waals surface area contributed by atoms with Gasteiger partial charge in [0.1, 0.15) is 11.3 Å². The van der Waals surface area contributed by atoms with Crippen LogP contribution in [0, 0.1) is 12.8 Å². The van der Waals surface area contributed by atoms with Gasteiger partial charge in [0.2, 0.25) is 0 Å². The van der Waals surface area contributed by atoms with Gasteiger partial charge in [-0.05, 0) is 49.2 Å². The molecule has 0 amide bonds. The molecule has 0 aliphatic carbocycles. The van der Waals surface area contributed by atoms with Gasteiger partial charge in [0.15, 0.2) is 0 Å². The fourth-order valence-corrected chi connectivity index (χ4v) is 2.58. The van der Waals surface area contributed by atoms with E-state index in [2.05, 4.69) is 32.9 Å². The number of rotatable bonds is 3. The van der Waals surface area contributed by atoms with Crippen molar-refractivity contribution in [1.82, 2.24) is 0 Å². The summed E-state index contributed by atoms with van der Waals surface area (Å²) in [7, 11) is 0. The zero-order valence-electron chi connectivity index (χ0n) is 13.6. The van der Waals surface area contributed by atoms with E-state index >= 15 is 0 Å². The summed E-state index contributed by atoms with van der Waals surface area (Å²) in [5, 5.41) is 2.76. The Bertz CT molecular complexity index is 892. The molecule has 0 bridgehead atoms. The van der Waals surface area contributed by atoms with E-state index in [1.54, 1.807) is 0 Å². The van der Waals surface area contributed by atoms with Crippen molar-refractivity contribution in [2.24, 2.45) is 10.9 Å². The lowest BCUT2D eigenvalue weighted by atomic mass is 10.1. The van der Waals surface area contributed by atoms with Crippen LogP contribution in [0.1, 0.15) is 19.4 Å². The molecule has 0 saturated heterocycles. The standard InChI is InChI=1S/C20H20ClNO/c1-13(2)12-22-18-11-20(15-5-7-16(21)8-6-15)23-19-9-4-14(3)10-17(18)19/h4-11,13H,12H2,1-3H3. The summed E-state index contributed by atoms with van der Waals surface area (Å²) in [5.41, 5.74) is 3.05. The van der Waals surface area contributed by atoms with Crippen LogP contribution in [0.25, 0.3) is 22.3 Å². The lowest BCUT2D eigenvalue weighted by Crippen LogP contribution is -2.07. The van der Waals surface area contributed by atoms with Crippen LogP contribution < -0.4 is 5.36 Å². The van der Waals surface area contributed by atoms with Gasteiger partial charge in [-0.25, -0.2) is 0 Å². The topological polar surface area (TPSA) is 25.5 Å². The molecule has 1 heterocycles. The maximum Gasteiger partial charge on any atom is 0.136 e. The van der Waals surface area contributed by atoms with Crippen LogP contribution in [-0.2, 0) is 0 Å². The molecule has 0 N–H and O–H groups in total. The summed E-state index contributed by atoms with van der Waals surface area (Å²) < 4.78 is 6.09. The van der Waals surface area contributed by atoms with E-state index in [0.29, 0.717) is 5.92 Å². The Labute approximate surface area is 141 Å². The van der Waals surface area contributed by atoms with Crippen molar-refractivity contribution in [2.75, 3.05) is 6.54 Å². The molecule has 0 radical (unpaired) electrons. The maximum atomic E-state index is 6.09.